The Morgan fingerprint density at radius 2 is 1.76 bits per heavy atom. The first-order valence-corrected chi connectivity index (χ1v) is 9.34. The van der Waals surface area contributed by atoms with Crippen LogP contribution in [0.2, 0.25) is 0 Å². The molecular formula is C18H19N3O3S. The Bertz CT molecular complexity index is 961. The topological polar surface area (TPSA) is 87.6 Å². The Kier molecular flexibility index (Phi) is 4.34. The van der Waals surface area contributed by atoms with Crippen molar-refractivity contribution >= 4 is 27.5 Å². The summed E-state index contributed by atoms with van der Waals surface area (Å²) in [6, 6.07) is 11.6. The average Bonchev–Trinajstić information content (AvgIpc) is 2.77. The minimum atomic E-state index is -3.61. The van der Waals surface area contributed by atoms with Crippen LogP contribution in [0.1, 0.15) is 23.6 Å². The van der Waals surface area contributed by atoms with E-state index in [1.165, 1.54) is 6.07 Å². The predicted octanol–water partition coefficient (Wildman–Crippen LogP) is 2.37. The second kappa shape index (κ2) is 6.33. The summed E-state index contributed by atoms with van der Waals surface area (Å²) in [4.78, 5) is 16.8. The highest BCUT2D eigenvalue weighted by Gasteiger charge is 2.31. The standard InChI is InChI=1S/C18H19N3O3S/c1-11-8-12(2)10-14(9-11)20-18(22)13(3)19-17-15-6-4-5-7-16(15)25(23,24)21-17/h4-10,13H,1-3H3,(H,19,21)(H,20,22)/t13-/m0/s1. The van der Waals surface area contributed by atoms with E-state index in [0.717, 1.165) is 11.1 Å². The van der Waals surface area contributed by atoms with Crippen LogP contribution in [0.5, 0.6) is 0 Å². The number of hydrogen-bond acceptors (Lipinski definition) is 4. The summed E-state index contributed by atoms with van der Waals surface area (Å²) in [5.74, 6) is -0.111. The number of carbonyl (C=O) groups is 1. The number of carbonyl (C=O) groups excluding carboxylic acids is 1. The molecule has 25 heavy (non-hydrogen) atoms. The summed E-state index contributed by atoms with van der Waals surface area (Å²) >= 11 is 0. The summed E-state index contributed by atoms with van der Waals surface area (Å²) in [6.07, 6.45) is 0. The van der Waals surface area contributed by atoms with Gasteiger partial charge in [0.1, 0.15) is 11.9 Å². The molecule has 2 aromatic carbocycles. The number of anilines is 1. The SMILES string of the molecule is Cc1cc(C)cc(NC(=O)[C@H](C)N=C2NS(=O)(=O)c3ccccc32)c1. The molecule has 0 saturated heterocycles. The molecule has 0 aromatic heterocycles. The molecule has 3 rings (SSSR count). The van der Waals surface area contributed by atoms with Gasteiger partial charge in [0.25, 0.3) is 10.0 Å². The molecule has 1 aliphatic rings. The first-order chi connectivity index (χ1) is 11.8. The number of nitrogens with one attached hydrogen (secondary N) is 2. The van der Waals surface area contributed by atoms with E-state index in [1.807, 2.05) is 32.0 Å². The number of rotatable bonds is 3. The van der Waals surface area contributed by atoms with Crippen molar-refractivity contribution in [3.05, 3.63) is 59.2 Å². The van der Waals surface area contributed by atoms with Gasteiger partial charge in [-0.15, -0.1) is 0 Å². The van der Waals surface area contributed by atoms with Crippen molar-refractivity contribution in [1.29, 1.82) is 0 Å². The van der Waals surface area contributed by atoms with Gasteiger partial charge in [0.15, 0.2) is 0 Å². The zero-order valence-electron chi connectivity index (χ0n) is 14.2. The molecule has 1 aliphatic heterocycles. The van der Waals surface area contributed by atoms with Crippen LogP contribution in [0.3, 0.4) is 0 Å². The molecule has 0 unspecified atom stereocenters. The molecular weight excluding hydrogens is 338 g/mol. The Labute approximate surface area is 147 Å². The van der Waals surface area contributed by atoms with E-state index in [9.17, 15) is 13.2 Å². The van der Waals surface area contributed by atoms with Crippen molar-refractivity contribution in [3.8, 4) is 0 Å². The van der Waals surface area contributed by atoms with E-state index in [0.29, 0.717) is 11.3 Å². The molecule has 0 aliphatic carbocycles. The van der Waals surface area contributed by atoms with Gasteiger partial charge in [-0.25, -0.2) is 8.42 Å². The molecule has 1 amide bonds. The third-order valence-corrected chi connectivity index (χ3v) is 5.25. The Balaban J connectivity index is 1.83. The average molecular weight is 357 g/mol. The second-order valence-corrected chi connectivity index (χ2v) is 7.77. The first kappa shape index (κ1) is 17.2. The smallest absolute Gasteiger partial charge is 0.263 e. The molecule has 7 heteroatoms. The van der Waals surface area contributed by atoms with Crippen molar-refractivity contribution < 1.29 is 13.2 Å². The molecule has 0 saturated carbocycles. The maximum Gasteiger partial charge on any atom is 0.263 e. The number of aliphatic imine (C=N–C) groups is 1. The van der Waals surface area contributed by atoms with Crippen LogP contribution in [-0.4, -0.2) is 26.2 Å². The summed E-state index contributed by atoms with van der Waals surface area (Å²) < 4.78 is 26.6. The van der Waals surface area contributed by atoms with Crippen LogP contribution in [0.15, 0.2) is 52.4 Å². The fraction of sp³-hybridized carbons (Fsp3) is 0.222. The van der Waals surface area contributed by atoms with Crippen molar-refractivity contribution in [2.45, 2.75) is 31.7 Å². The highest BCUT2D eigenvalue weighted by Crippen LogP contribution is 2.22. The summed E-state index contributed by atoms with van der Waals surface area (Å²) in [5, 5.41) is 2.82. The van der Waals surface area contributed by atoms with Gasteiger partial charge >= 0.3 is 0 Å². The highest BCUT2D eigenvalue weighted by molar-refractivity contribution is 7.90. The lowest BCUT2D eigenvalue weighted by atomic mass is 10.1. The Hall–Kier alpha value is -2.67. The van der Waals surface area contributed by atoms with E-state index in [-0.39, 0.29) is 16.6 Å². The molecule has 2 aromatic rings. The molecule has 0 spiro atoms. The van der Waals surface area contributed by atoms with E-state index in [2.05, 4.69) is 15.0 Å². The zero-order chi connectivity index (χ0) is 18.2. The third-order valence-electron chi connectivity index (χ3n) is 3.85. The molecule has 1 heterocycles. The van der Waals surface area contributed by atoms with E-state index < -0.39 is 16.1 Å². The molecule has 1 atom stereocenters. The first-order valence-electron chi connectivity index (χ1n) is 7.85. The maximum absolute atomic E-state index is 12.4. The molecule has 0 fully saturated rings. The number of fused-ring (bicyclic) bond motifs is 1. The van der Waals surface area contributed by atoms with Crippen LogP contribution < -0.4 is 10.0 Å². The summed E-state index contributed by atoms with van der Waals surface area (Å²) in [7, 11) is -3.61. The zero-order valence-corrected chi connectivity index (χ0v) is 15.0. The van der Waals surface area contributed by atoms with E-state index >= 15 is 0 Å². The predicted molar refractivity (Wildman–Crippen MR) is 97.3 cm³/mol. The minimum Gasteiger partial charge on any atom is -0.324 e. The lowest BCUT2D eigenvalue weighted by Gasteiger charge is -2.11. The number of hydrogen-bond donors (Lipinski definition) is 2. The fourth-order valence-electron chi connectivity index (χ4n) is 2.78. The highest BCUT2D eigenvalue weighted by atomic mass is 32.2. The lowest BCUT2D eigenvalue weighted by molar-refractivity contribution is -0.117. The molecule has 6 nitrogen and oxygen atoms in total. The van der Waals surface area contributed by atoms with Gasteiger partial charge < -0.3 is 5.32 Å². The number of aryl methyl sites for hydroxylation is 2. The van der Waals surface area contributed by atoms with Gasteiger partial charge in [-0.05, 0) is 56.2 Å². The largest absolute Gasteiger partial charge is 0.324 e. The quantitative estimate of drug-likeness (QED) is 0.884. The maximum atomic E-state index is 12.4. The van der Waals surface area contributed by atoms with E-state index in [4.69, 9.17) is 0 Å². The number of amides is 1. The van der Waals surface area contributed by atoms with Crippen LogP contribution in [0.25, 0.3) is 0 Å². The van der Waals surface area contributed by atoms with Crippen LogP contribution >= 0.6 is 0 Å². The van der Waals surface area contributed by atoms with Gasteiger partial charge in [-0.2, -0.15) is 0 Å². The van der Waals surface area contributed by atoms with Crippen molar-refractivity contribution in [3.63, 3.8) is 0 Å². The molecule has 0 radical (unpaired) electrons. The molecule has 2 N–H and O–H groups in total. The van der Waals surface area contributed by atoms with Gasteiger partial charge in [-0.1, -0.05) is 18.2 Å². The van der Waals surface area contributed by atoms with Crippen LogP contribution in [0.4, 0.5) is 5.69 Å². The normalized spacial score (nSPS) is 17.6. The van der Waals surface area contributed by atoms with Gasteiger partial charge in [-0.3, -0.25) is 14.5 Å². The van der Waals surface area contributed by atoms with Gasteiger partial charge in [0, 0.05) is 11.3 Å². The van der Waals surface area contributed by atoms with E-state index in [1.54, 1.807) is 25.1 Å². The Morgan fingerprint density at radius 3 is 2.44 bits per heavy atom. The lowest BCUT2D eigenvalue weighted by Crippen LogP contribution is -2.28. The fourth-order valence-corrected chi connectivity index (χ4v) is 4.01. The third kappa shape index (κ3) is 3.56. The molecule has 0 bridgehead atoms. The van der Waals surface area contributed by atoms with Gasteiger partial charge in [0.2, 0.25) is 5.91 Å². The number of amidine groups is 1. The van der Waals surface area contributed by atoms with Crippen LogP contribution in [0, 0.1) is 13.8 Å². The number of benzene rings is 2. The van der Waals surface area contributed by atoms with Crippen molar-refractivity contribution in [2.24, 2.45) is 4.99 Å². The van der Waals surface area contributed by atoms with Gasteiger partial charge in [0.05, 0.1) is 4.90 Å². The van der Waals surface area contributed by atoms with Crippen LogP contribution in [-0.2, 0) is 14.8 Å². The Morgan fingerprint density at radius 1 is 1.12 bits per heavy atom. The monoisotopic (exact) mass is 357 g/mol. The summed E-state index contributed by atoms with van der Waals surface area (Å²) in [5.41, 5.74) is 3.27. The minimum absolute atomic E-state index is 0.177. The van der Waals surface area contributed by atoms with Crippen molar-refractivity contribution in [2.75, 3.05) is 5.32 Å². The summed E-state index contributed by atoms with van der Waals surface area (Å²) in [6.45, 7) is 5.54. The van der Waals surface area contributed by atoms with Crippen molar-refractivity contribution in [1.82, 2.24) is 4.72 Å². The number of sulfonamides is 1. The number of nitrogens with zero attached hydrogens (tertiary/aromatic N) is 1. The molecule has 130 valence electrons. The second-order valence-electron chi connectivity index (χ2n) is 6.12.